The van der Waals surface area contributed by atoms with Gasteiger partial charge in [0.2, 0.25) is 0 Å². The molecule has 1 unspecified atom stereocenters. The quantitative estimate of drug-likeness (QED) is 0.839. The van der Waals surface area contributed by atoms with E-state index in [1.807, 2.05) is 18.2 Å². The van der Waals surface area contributed by atoms with E-state index >= 15 is 0 Å². The summed E-state index contributed by atoms with van der Waals surface area (Å²) in [6.07, 6.45) is 0.950. The Morgan fingerprint density at radius 1 is 1.28 bits per heavy atom. The van der Waals surface area contributed by atoms with Crippen molar-refractivity contribution in [2.45, 2.75) is 12.3 Å². The molecule has 1 aromatic carbocycles. The van der Waals surface area contributed by atoms with Gasteiger partial charge in [0.05, 0.1) is 27.4 Å². The summed E-state index contributed by atoms with van der Waals surface area (Å²) in [4.78, 5) is 0. The molecule has 4 nitrogen and oxygen atoms in total. The molecule has 1 fully saturated rings. The Labute approximate surface area is 107 Å². The molecular weight excluding hydrogens is 232 g/mol. The van der Waals surface area contributed by atoms with E-state index in [9.17, 15) is 5.11 Å². The standard InChI is InChI=1S/C14H20O4/c1-16-13-4-3-11(6-14(13)17-2)12(7-15)5-10-8-18-9-10/h3-4,6,10,12,15H,5,7-9H2,1-2H3. The molecule has 0 radical (unpaired) electrons. The fourth-order valence-electron chi connectivity index (χ4n) is 2.25. The molecule has 100 valence electrons. The Balaban J connectivity index is 2.13. The average molecular weight is 252 g/mol. The first-order valence-corrected chi connectivity index (χ1v) is 6.19. The van der Waals surface area contributed by atoms with Gasteiger partial charge in [-0.1, -0.05) is 6.07 Å². The maximum Gasteiger partial charge on any atom is 0.160 e. The van der Waals surface area contributed by atoms with Gasteiger partial charge in [-0.25, -0.2) is 0 Å². The van der Waals surface area contributed by atoms with Crippen LogP contribution in [0.25, 0.3) is 0 Å². The van der Waals surface area contributed by atoms with Crippen LogP contribution in [-0.2, 0) is 4.74 Å². The fourth-order valence-corrected chi connectivity index (χ4v) is 2.25. The minimum atomic E-state index is 0.138. The van der Waals surface area contributed by atoms with Crippen LogP contribution < -0.4 is 9.47 Å². The molecule has 0 amide bonds. The Morgan fingerprint density at radius 3 is 2.50 bits per heavy atom. The van der Waals surface area contributed by atoms with E-state index in [1.54, 1.807) is 14.2 Å². The number of rotatable bonds is 6. The molecule has 0 bridgehead atoms. The van der Waals surface area contributed by atoms with E-state index < -0.39 is 0 Å². The van der Waals surface area contributed by atoms with Crippen molar-refractivity contribution in [2.24, 2.45) is 5.92 Å². The molecule has 4 heteroatoms. The van der Waals surface area contributed by atoms with Gasteiger partial charge >= 0.3 is 0 Å². The monoisotopic (exact) mass is 252 g/mol. The second-order valence-electron chi connectivity index (χ2n) is 4.63. The van der Waals surface area contributed by atoms with Crippen LogP contribution in [-0.4, -0.2) is 39.1 Å². The highest BCUT2D eigenvalue weighted by molar-refractivity contribution is 5.44. The second-order valence-corrected chi connectivity index (χ2v) is 4.63. The zero-order valence-electron chi connectivity index (χ0n) is 10.9. The predicted molar refractivity (Wildman–Crippen MR) is 68.3 cm³/mol. The van der Waals surface area contributed by atoms with Crippen molar-refractivity contribution in [2.75, 3.05) is 34.0 Å². The van der Waals surface area contributed by atoms with Gasteiger partial charge in [0.1, 0.15) is 0 Å². The van der Waals surface area contributed by atoms with Crippen LogP contribution in [0.15, 0.2) is 18.2 Å². The van der Waals surface area contributed by atoms with E-state index in [0.717, 1.165) is 25.2 Å². The summed E-state index contributed by atoms with van der Waals surface area (Å²) in [5.74, 6) is 2.12. The number of aliphatic hydroxyl groups is 1. The summed E-state index contributed by atoms with van der Waals surface area (Å²) < 4.78 is 15.7. The average Bonchev–Trinajstić information content (AvgIpc) is 2.37. The summed E-state index contributed by atoms with van der Waals surface area (Å²) in [6.45, 7) is 1.76. The van der Waals surface area contributed by atoms with Crippen molar-refractivity contribution in [3.05, 3.63) is 23.8 Å². The number of benzene rings is 1. The van der Waals surface area contributed by atoms with Crippen molar-refractivity contribution >= 4 is 0 Å². The van der Waals surface area contributed by atoms with Gasteiger partial charge in [-0.15, -0.1) is 0 Å². The third kappa shape index (κ3) is 2.76. The van der Waals surface area contributed by atoms with Crippen LogP contribution in [0.3, 0.4) is 0 Å². The SMILES string of the molecule is COc1ccc(C(CO)CC2COC2)cc1OC. The number of methoxy groups -OCH3 is 2. The van der Waals surface area contributed by atoms with E-state index in [-0.39, 0.29) is 12.5 Å². The highest BCUT2D eigenvalue weighted by Crippen LogP contribution is 2.33. The minimum absolute atomic E-state index is 0.138. The topological polar surface area (TPSA) is 47.9 Å². The number of hydrogen-bond donors (Lipinski definition) is 1. The molecule has 2 rings (SSSR count). The predicted octanol–water partition coefficient (Wildman–Crippen LogP) is 1.82. The number of hydrogen-bond acceptors (Lipinski definition) is 4. The fraction of sp³-hybridized carbons (Fsp3) is 0.571. The Bertz CT molecular complexity index is 387. The van der Waals surface area contributed by atoms with Crippen molar-refractivity contribution in [3.8, 4) is 11.5 Å². The zero-order valence-corrected chi connectivity index (χ0v) is 10.9. The van der Waals surface area contributed by atoms with Crippen LogP contribution in [0.4, 0.5) is 0 Å². The summed E-state index contributed by atoms with van der Waals surface area (Å²) >= 11 is 0. The molecule has 0 aromatic heterocycles. The van der Waals surface area contributed by atoms with Crippen LogP contribution in [0.1, 0.15) is 17.9 Å². The van der Waals surface area contributed by atoms with Gasteiger partial charge in [0.15, 0.2) is 11.5 Å². The maximum absolute atomic E-state index is 9.53. The highest BCUT2D eigenvalue weighted by atomic mass is 16.5. The lowest BCUT2D eigenvalue weighted by atomic mass is 9.88. The molecule has 1 aliphatic heterocycles. The molecule has 0 spiro atoms. The molecule has 1 saturated heterocycles. The minimum Gasteiger partial charge on any atom is -0.493 e. The molecule has 1 N–H and O–H groups in total. The highest BCUT2D eigenvalue weighted by Gasteiger charge is 2.24. The van der Waals surface area contributed by atoms with E-state index in [2.05, 4.69) is 0 Å². The Morgan fingerprint density at radius 2 is 2.00 bits per heavy atom. The molecule has 1 heterocycles. The summed E-state index contributed by atoms with van der Waals surface area (Å²) in [5.41, 5.74) is 1.09. The first-order chi connectivity index (χ1) is 8.78. The van der Waals surface area contributed by atoms with Crippen LogP contribution in [0.2, 0.25) is 0 Å². The third-order valence-electron chi connectivity index (χ3n) is 3.42. The number of ether oxygens (including phenoxy) is 3. The van der Waals surface area contributed by atoms with Crippen molar-refractivity contribution < 1.29 is 19.3 Å². The molecule has 0 saturated carbocycles. The van der Waals surface area contributed by atoms with E-state index in [0.29, 0.717) is 17.4 Å². The summed E-state index contributed by atoms with van der Waals surface area (Å²) in [5, 5.41) is 9.53. The summed E-state index contributed by atoms with van der Waals surface area (Å²) in [6, 6.07) is 5.81. The lowest BCUT2D eigenvalue weighted by Crippen LogP contribution is -2.29. The molecule has 0 aliphatic carbocycles. The molecule has 1 atom stereocenters. The second kappa shape index (κ2) is 6.07. The zero-order chi connectivity index (χ0) is 13.0. The Kier molecular flexibility index (Phi) is 4.44. The van der Waals surface area contributed by atoms with E-state index in [1.165, 1.54) is 0 Å². The lowest BCUT2D eigenvalue weighted by molar-refractivity contribution is -0.0405. The largest absolute Gasteiger partial charge is 0.493 e. The van der Waals surface area contributed by atoms with Gasteiger partial charge in [-0.2, -0.15) is 0 Å². The van der Waals surface area contributed by atoms with Crippen LogP contribution in [0, 0.1) is 5.92 Å². The first-order valence-electron chi connectivity index (χ1n) is 6.19. The van der Waals surface area contributed by atoms with E-state index in [4.69, 9.17) is 14.2 Å². The third-order valence-corrected chi connectivity index (χ3v) is 3.42. The smallest absolute Gasteiger partial charge is 0.160 e. The number of aliphatic hydroxyl groups excluding tert-OH is 1. The van der Waals surface area contributed by atoms with Gasteiger partial charge < -0.3 is 19.3 Å². The van der Waals surface area contributed by atoms with Gasteiger partial charge in [0, 0.05) is 18.4 Å². The van der Waals surface area contributed by atoms with Gasteiger partial charge in [-0.3, -0.25) is 0 Å². The normalized spacial score (nSPS) is 17.1. The molecular formula is C14H20O4. The first kappa shape index (κ1) is 13.2. The van der Waals surface area contributed by atoms with Crippen molar-refractivity contribution in [1.82, 2.24) is 0 Å². The molecule has 18 heavy (non-hydrogen) atoms. The lowest BCUT2D eigenvalue weighted by Gasteiger charge is -2.29. The van der Waals surface area contributed by atoms with Crippen LogP contribution in [0.5, 0.6) is 11.5 Å². The van der Waals surface area contributed by atoms with Gasteiger partial charge in [0.25, 0.3) is 0 Å². The molecule has 1 aromatic rings. The summed E-state index contributed by atoms with van der Waals surface area (Å²) in [7, 11) is 3.24. The van der Waals surface area contributed by atoms with Crippen molar-refractivity contribution in [1.29, 1.82) is 0 Å². The van der Waals surface area contributed by atoms with Gasteiger partial charge in [-0.05, 0) is 24.1 Å². The van der Waals surface area contributed by atoms with Crippen molar-refractivity contribution in [3.63, 3.8) is 0 Å². The molecule has 1 aliphatic rings. The maximum atomic E-state index is 9.53. The Hall–Kier alpha value is -1.26. The van der Waals surface area contributed by atoms with Crippen LogP contribution >= 0.6 is 0 Å².